The fraction of sp³-hybridized carbons (Fsp3) is 0.308. The molecule has 0 radical (unpaired) electrons. The van der Waals surface area contributed by atoms with Crippen molar-refractivity contribution in [3.63, 3.8) is 0 Å². The largest absolute Gasteiger partial charge is 0.378 e. The predicted octanol–water partition coefficient (Wildman–Crippen LogP) is 2.69. The first-order valence-electron chi connectivity index (χ1n) is 5.29. The topological polar surface area (TPSA) is 49.3 Å². The van der Waals surface area contributed by atoms with E-state index in [1.165, 1.54) is 25.1 Å². The minimum Gasteiger partial charge on any atom is -0.378 e. The molecule has 0 saturated heterocycles. The van der Waals surface area contributed by atoms with Crippen LogP contribution in [0.4, 0.5) is 10.1 Å². The van der Waals surface area contributed by atoms with E-state index in [1.54, 1.807) is 0 Å². The van der Waals surface area contributed by atoms with Gasteiger partial charge in [0.1, 0.15) is 11.4 Å². The number of rotatable bonds is 4. The lowest BCUT2D eigenvalue weighted by atomic mass is 10.0. The Labute approximate surface area is 114 Å². The van der Waals surface area contributed by atoms with Gasteiger partial charge in [-0.1, -0.05) is 5.92 Å². The molecule has 1 amide bonds. The lowest BCUT2D eigenvalue weighted by Crippen LogP contribution is -2.24. The molecular formula is C13H13BrFNO2. The summed E-state index contributed by atoms with van der Waals surface area (Å²) in [6.45, 7) is 1.47. The molecule has 0 aromatic heterocycles. The number of terminal acetylenes is 1. The van der Waals surface area contributed by atoms with Crippen molar-refractivity contribution in [3.8, 4) is 12.3 Å². The Morgan fingerprint density at radius 3 is 2.89 bits per heavy atom. The van der Waals surface area contributed by atoms with Gasteiger partial charge in [-0.3, -0.25) is 4.79 Å². The second kappa shape index (κ2) is 5.98. The van der Waals surface area contributed by atoms with Gasteiger partial charge in [-0.05, 0) is 47.5 Å². The molecule has 5 heteroatoms. The number of hydrogen-bond donors (Lipinski definition) is 2. The minimum absolute atomic E-state index is 0.0843. The van der Waals surface area contributed by atoms with E-state index in [0.717, 1.165) is 0 Å². The monoisotopic (exact) mass is 313 g/mol. The molecule has 1 aromatic carbocycles. The normalized spacial score (nSPS) is 13.5. The molecule has 2 N–H and O–H groups in total. The minimum atomic E-state index is -1.29. The van der Waals surface area contributed by atoms with Gasteiger partial charge in [-0.2, -0.15) is 0 Å². The first-order valence-corrected chi connectivity index (χ1v) is 6.08. The quantitative estimate of drug-likeness (QED) is 0.840. The van der Waals surface area contributed by atoms with Gasteiger partial charge in [0.25, 0.3) is 0 Å². The molecule has 1 atom stereocenters. The van der Waals surface area contributed by atoms with Crippen LogP contribution in [0.2, 0.25) is 0 Å². The SMILES string of the molecule is C#CC(C)(O)CCC(=O)Nc1ccc(F)cc1Br. The predicted molar refractivity (Wildman–Crippen MR) is 71.4 cm³/mol. The highest BCUT2D eigenvalue weighted by Crippen LogP contribution is 2.23. The maximum atomic E-state index is 12.8. The summed E-state index contributed by atoms with van der Waals surface area (Å²) in [5.41, 5.74) is -0.820. The molecule has 0 fully saturated rings. The maximum absolute atomic E-state index is 12.8. The molecule has 96 valence electrons. The van der Waals surface area contributed by atoms with Gasteiger partial charge >= 0.3 is 0 Å². The third-order valence-electron chi connectivity index (χ3n) is 2.36. The van der Waals surface area contributed by atoms with Crippen molar-refractivity contribution in [1.82, 2.24) is 0 Å². The van der Waals surface area contributed by atoms with E-state index in [0.29, 0.717) is 10.2 Å². The van der Waals surface area contributed by atoms with E-state index in [-0.39, 0.29) is 18.7 Å². The van der Waals surface area contributed by atoms with Gasteiger partial charge in [0.15, 0.2) is 0 Å². The van der Waals surface area contributed by atoms with Gasteiger partial charge in [0.05, 0.1) is 5.69 Å². The fourth-order valence-corrected chi connectivity index (χ4v) is 1.68. The van der Waals surface area contributed by atoms with Crippen molar-refractivity contribution in [2.24, 2.45) is 0 Å². The van der Waals surface area contributed by atoms with E-state index in [1.807, 2.05) is 0 Å². The van der Waals surface area contributed by atoms with Gasteiger partial charge in [-0.25, -0.2) is 4.39 Å². The molecule has 0 spiro atoms. The summed E-state index contributed by atoms with van der Waals surface area (Å²) in [4.78, 5) is 11.6. The molecule has 1 unspecified atom stereocenters. The van der Waals surface area contributed by atoms with Crippen LogP contribution in [-0.4, -0.2) is 16.6 Å². The third kappa shape index (κ3) is 4.47. The molecule has 3 nitrogen and oxygen atoms in total. The van der Waals surface area contributed by atoms with Crippen LogP contribution in [0.1, 0.15) is 19.8 Å². The van der Waals surface area contributed by atoms with Crippen LogP contribution >= 0.6 is 15.9 Å². The van der Waals surface area contributed by atoms with Gasteiger partial charge in [0.2, 0.25) is 5.91 Å². The Kier molecular flexibility index (Phi) is 4.88. The standard InChI is InChI=1S/C13H13BrFNO2/c1-3-13(2,18)7-6-12(17)16-11-5-4-9(15)8-10(11)14/h1,4-5,8,18H,6-7H2,2H3,(H,16,17). The number of amides is 1. The van der Waals surface area contributed by atoms with Gasteiger partial charge < -0.3 is 10.4 Å². The van der Waals surface area contributed by atoms with Crippen molar-refractivity contribution in [2.75, 3.05) is 5.32 Å². The first kappa shape index (κ1) is 14.7. The molecular weight excluding hydrogens is 301 g/mol. The zero-order chi connectivity index (χ0) is 13.8. The Morgan fingerprint density at radius 1 is 1.67 bits per heavy atom. The Bertz CT molecular complexity index is 494. The van der Waals surface area contributed by atoms with Crippen LogP contribution in [0, 0.1) is 18.2 Å². The Balaban J connectivity index is 2.58. The lowest BCUT2D eigenvalue weighted by molar-refractivity contribution is -0.117. The lowest BCUT2D eigenvalue weighted by Gasteiger charge is -2.15. The summed E-state index contributed by atoms with van der Waals surface area (Å²) >= 11 is 3.14. The van der Waals surface area contributed by atoms with Crippen LogP contribution < -0.4 is 5.32 Å². The number of carbonyl (C=O) groups is 1. The summed E-state index contributed by atoms with van der Waals surface area (Å²) in [6.07, 6.45) is 5.35. The Morgan fingerprint density at radius 2 is 2.33 bits per heavy atom. The van der Waals surface area contributed by atoms with Gasteiger partial charge in [-0.15, -0.1) is 6.42 Å². The highest BCUT2D eigenvalue weighted by Gasteiger charge is 2.18. The first-order chi connectivity index (χ1) is 8.34. The molecule has 0 aliphatic carbocycles. The van der Waals surface area contributed by atoms with Crippen LogP contribution in [0.25, 0.3) is 0 Å². The average molecular weight is 314 g/mol. The number of nitrogens with one attached hydrogen (secondary N) is 1. The molecule has 18 heavy (non-hydrogen) atoms. The summed E-state index contributed by atoms with van der Waals surface area (Å²) < 4.78 is 13.3. The molecule has 0 aliphatic heterocycles. The zero-order valence-corrected chi connectivity index (χ0v) is 11.4. The van der Waals surface area contributed by atoms with Crippen molar-refractivity contribution in [2.45, 2.75) is 25.4 Å². The smallest absolute Gasteiger partial charge is 0.224 e. The van der Waals surface area contributed by atoms with Gasteiger partial charge in [0, 0.05) is 10.9 Å². The van der Waals surface area contributed by atoms with E-state index in [9.17, 15) is 14.3 Å². The van der Waals surface area contributed by atoms with Crippen molar-refractivity contribution in [3.05, 3.63) is 28.5 Å². The third-order valence-corrected chi connectivity index (χ3v) is 3.01. The number of hydrogen-bond acceptors (Lipinski definition) is 2. The highest BCUT2D eigenvalue weighted by atomic mass is 79.9. The molecule has 0 heterocycles. The molecule has 1 rings (SSSR count). The second-order valence-corrected chi connectivity index (χ2v) is 4.94. The molecule has 0 bridgehead atoms. The number of carbonyl (C=O) groups excluding carboxylic acids is 1. The van der Waals surface area contributed by atoms with Crippen LogP contribution in [0.15, 0.2) is 22.7 Å². The Hall–Kier alpha value is -1.38. The second-order valence-electron chi connectivity index (χ2n) is 4.09. The van der Waals surface area contributed by atoms with Crippen molar-refractivity contribution in [1.29, 1.82) is 0 Å². The number of benzene rings is 1. The fourth-order valence-electron chi connectivity index (χ4n) is 1.23. The zero-order valence-electron chi connectivity index (χ0n) is 9.84. The van der Waals surface area contributed by atoms with Crippen molar-refractivity contribution >= 4 is 27.5 Å². The summed E-state index contributed by atoms with van der Waals surface area (Å²) in [6, 6.07) is 3.96. The summed E-state index contributed by atoms with van der Waals surface area (Å²) in [5.74, 6) is 1.51. The number of aliphatic hydroxyl groups is 1. The van der Waals surface area contributed by atoms with E-state index in [4.69, 9.17) is 6.42 Å². The highest BCUT2D eigenvalue weighted by molar-refractivity contribution is 9.10. The van der Waals surface area contributed by atoms with Crippen LogP contribution in [0.5, 0.6) is 0 Å². The van der Waals surface area contributed by atoms with Crippen LogP contribution in [-0.2, 0) is 4.79 Å². The van der Waals surface area contributed by atoms with E-state index in [2.05, 4.69) is 27.2 Å². The molecule has 1 aromatic rings. The number of halogens is 2. The van der Waals surface area contributed by atoms with Crippen LogP contribution in [0.3, 0.4) is 0 Å². The van der Waals surface area contributed by atoms with E-state index < -0.39 is 11.4 Å². The number of anilines is 1. The molecule has 0 aliphatic rings. The average Bonchev–Trinajstić information content (AvgIpc) is 2.30. The summed E-state index contributed by atoms with van der Waals surface area (Å²) in [7, 11) is 0. The van der Waals surface area contributed by atoms with Crippen molar-refractivity contribution < 1.29 is 14.3 Å². The summed E-state index contributed by atoms with van der Waals surface area (Å²) in [5, 5.41) is 12.2. The maximum Gasteiger partial charge on any atom is 0.224 e. The van der Waals surface area contributed by atoms with E-state index >= 15 is 0 Å². The molecule has 0 saturated carbocycles.